The highest BCUT2D eigenvalue weighted by atomic mass is 19.1. The minimum absolute atomic E-state index is 0.0242. The molecule has 1 aromatic heterocycles. The Hall–Kier alpha value is -3.15. The number of aliphatic hydroxyl groups is 1. The van der Waals surface area contributed by atoms with E-state index in [2.05, 4.69) is 16.2 Å². The molecule has 1 N–H and O–H groups in total. The molecule has 0 fully saturated rings. The van der Waals surface area contributed by atoms with Crippen LogP contribution in [-0.4, -0.2) is 37.9 Å². The van der Waals surface area contributed by atoms with E-state index in [1.807, 2.05) is 31.2 Å². The van der Waals surface area contributed by atoms with Crippen LogP contribution in [0, 0.1) is 29.9 Å². The van der Waals surface area contributed by atoms with Crippen molar-refractivity contribution in [3.8, 4) is 6.07 Å². The molecule has 0 spiro atoms. The van der Waals surface area contributed by atoms with Crippen molar-refractivity contribution in [1.82, 2.24) is 19.7 Å². The molecular formula is C21H21F2N5O. The molecule has 0 bridgehead atoms. The molecule has 150 valence electrons. The summed E-state index contributed by atoms with van der Waals surface area (Å²) in [6.07, 6.45) is 2.71. The van der Waals surface area contributed by atoms with Crippen molar-refractivity contribution in [2.75, 3.05) is 13.1 Å². The highest BCUT2D eigenvalue weighted by Gasteiger charge is 2.35. The molecule has 0 radical (unpaired) electrons. The predicted octanol–water partition coefficient (Wildman–Crippen LogP) is 2.78. The SMILES string of the molecule is Cc1ccc(CN(CC#N)CC(O)(Cn2cncn2)c2ccc(F)cc2F)cc1. The van der Waals surface area contributed by atoms with Crippen molar-refractivity contribution in [1.29, 1.82) is 5.26 Å². The largest absolute Gasteiger partial charge is 0.382 e. The number of nitrogens with zero attached hydrogens (tertiary/aromatic N) is 5. The fourth-order valence-corrected chi connectivity index (χ4v) is 3.26. The summed E-state index contributed by atoms with van der Waals surface area (Å²) in [5.41, 5.74) is 0.235. The molecular weight excluding hydrogens is 376 g/mol. The van der Waals surface area contributed by atoms with Gasteiger partial charge >= 0.3 is 0 Å². The molecule has 1 atom stereocenters. The summed E-state index contributed by atoms with van der Waals surface area (Å²) in [5, 5.41) is 24.7. The average molecular weight is 397 g/mol. The molecule has 8 heteroatoms. The number of rotatable bonds is 8. The minimum atomic E-state index is -1.76. The quantitative estimate of drug-likeness (QED) is 0.592. The van der Waals surface area contributed by atoms with Crippen LogP contribution in [0.5, 0.6) is 0 Å². The Labute approximate surface area is 167 Å². The molecule has 1 heterocycles. The zero-order valence-corrected chi connectivity index (χ0v) is 16.0. The number of hydrogen-bond acceptors (Lipinski definition) is 5. The standard InChI is InChI=1S/C21H21F2N5O/c1-16-2-4-17(5-3-16)11-27(9-8-24)12-21(29,13-28-15-25-14-26-28)19-7-6-18(22)10-20(19)23/h2-7,10,14-15,29H,9,11-13H2,1H3. The maximum Gasteiger partial charge on any atom is 0.137 e. The number of aryl methyl sites for hydroxylation is 1. The summed E-state index contributed by atoms with van der Waals surface area (Å²) in [4.78, 5) is 5.56. The summed E-state index contributed by atoms with van der Waals surface area (Å²) in [5.74, 6) is -1.59. The lowest BCUT2D eigenvalue weighted by Crippen LogP contribution is -2.44. The van der Waals surface area contributed by atoms with E-state index in [4.69, 9.17) is 0 Å². The number of halogens is 2. The Morgan fingerprint density at radius 1 is 1.21 bits per heavy atom. The molecule has 0 saturated heterocycles. The van der Waals surface area contributed by atoms with Crippen LogP contribution < -0.4 is 0 Å². The summed E-state index contributed by atoms with van der Waals surface area (Å²) in [6, 6.07) is 12.9. The van der Waals surface area contributed by atoms with Crippen molar-refractivity contribution in [3.63, 3.8) is 0 Å². The van der Waals surface area contributed by atoms with Gasteiger partial charge in [-0.2, -0.15) is 10.4 Å². The van der Waals surface area contributed by atoms with Crippen molar-refractivity contribution in [2.45, 2.75) is 25.6 Å². The summed E-state index contributed by atoms with van der Waals surface area (Å²) in [6.45, 7) is 2.22. The molecule has 6 nitrogen and oxygen atoms in total. The fourth-order valence-electron chi connectivity index (χ4n) is 3.26. The fraction of sp³-hybridized carbons (Fsp3) is 0.286. The van der Waals surface area contributed by atoms with E-state index in [0.717, 1.165) is 23.3 Å². The minimum Gasteiger partial charge on any atom is -0.382 e. The second-order valence-electron chi connectivity index (χ2n) is 7.04. The van der Waals surface area contributed by atoms with Crippen LogP contribution in [0.25, 0.3) is 0 Å². The Morgan fingerprint density at radius 3 is 2.59 bits per heavy atom. The van der Waals surface area contributed by atoms with E-state index in [1.165, 1.54) is 23.4 Å². The number of benzene rings is 2. The van der Waals surface area contributed by atoms with E-state index < -0.39 is 17.2 Å². The van der Waals surface area contributed by atoms with Gasteiger partial charge in [0.2, 0.25) is 0 Å². The first-order valence-electron chi connectivity index (χ1n) is 9.05. The maximum atomic E-state index is 14.6. The third kappa shape index (κ3) is 5.22. The molecule has 0 aliphatic carbocycles. The van der Waals surface area contributed by atoms with Gasteiger partial charge in [0.25, 0.3) is 0 Å². The Morgan fingerprint density at radius 2 is 1.97 bits per heavy atom. The molecule has 2 aromatic carbocycles. The van der Waals surface area contributed by atoms with Gasteiger partial charge in [-0.3, -0.25) is 4.90 Å². The topological polar surface area (TPSA) is 78.0 Å². The Bertz CT molecular complexity index is 985. The van der Waals surface area contributed by atoms with Gasteiger partial charge in [0, 0.05) is 24.7 Å². The summed E-state index contributed by atoms with van der Waals surface area (Å²) in [7, 11) is 0. The van der Waals surface area contributed by atoms with Gasteiger partial charge in [0.15, 0.2) is 0 Å². The van der Waals surface area contributed by atoms with Crippen LogP contribution in [0.4, 0.5) is 8.78 Å². The lowest BCUT2D eigenvalue weighted by atomic mass is 9.92. The van der Waals surface area contributed by atoms with E-state index in [-0.39, 0.29) is 25.2 Å². The molecule has 0 amide bonds. The second-order valence-corrected chi connectivity index (χ2v) is 7.04. The van der Waals surface area contributed by atoms with E-state index in [0.29, 0.717) is 6.54 Å². The zero-order valence-electron chi connectivity index (χ0n) is 16.0. The lowest BCUT2D eigenvalue weighted by molar-refractivity contribution is -0.0206. The van der Waals surface area contributed by atoms with E-state index in [9.17, 15) is 19.1 Å². The van der Waals surface area contributed by atoms with Gasteiger partial charge in [-0.05, 0) is 18.6 Å². The Balaban J connectivity index is 1.92. The first-order chi connectivity index (χ1) is 13.9. The van der Waals surface area contributed by atoms with Crippen LogP contribution in [0.1, 0.15) is 16.7 Å². The monoisotopic (exact) mass is 397 g/mol. The van der Waals surface area contributed by atoms with Crippen molar-refractivity contribution in [3.05, 3.63) is 83.4 Å². The number of nitriles is 1. The summed E-state index contributed by atoms with van der Waals surface area (Å²) >= 11 is 0. The van der Waals surface area contributed by atoms with Crippen LogP contribution in [0.2, 0.25) is 0 Å². The van der Waals surface area contributed by atoms with Gasteiger partial charge in [0.05, 0.1) is 19.2 Å². The van der Waals surface area contributed by atoms with Crippen LogP contribution >= 0.6 is 0 Å². The predicted molar refractivity (Wildman–Crippen MR) is 102 cm³/mol. The maximum absolute atomic E-state index is 14.6. The molecule has 0 saturated carbocycles. The van der Waals surface area contributed by atoms with Crippen molar-refractivity contribution >= 4 is 0 Å². The van der Waals surface area contributed by atoms with E-state index in [1.54, 1.807) is 4.90 Å². The second kappa shape index (κ2) is 8.90. The van der Waals surface area contributed by atoms with Crippen molar-refractivity contribution in [2.24, 2.45) is 0 Å². The number of hydrogen-bond donors (Lipinski definition) is 1. The highest BCUT2D eigenvalue weighted by molar-refractivity contribution is 5.26. The van der Waals surface area contributed by atoms with Gasteiger partial charge in [-0.15, -0.1) is 0 Å². The smallest absolute Gasteiger partial charge is 0.137 e. The van der Waals surface area contributed by atoms with Gasteiger partial charge in [-0.25, -0.2) is 18.4 Å². The molecule has 29 heavy (non-hydrogen) atoms. The molecule has 0 aliphatic heterocycles. The lowest BCUT2D eigenvalue weighted by Gasteiger charge is -2.34. The van der Waals surface area contributed by atoms with Gasteiger partial charge < -0.3 is 5.11 Å². The summed E-state index contributed by atoms with van der Waals surface area (Å²) < 4.78 is 29.3. The van der Waals surface area contributed by atoms with E-state index >= 15 is 0 Å². The first-order valence-corrected chi connectivity index (χ1v) is 9.05. The van der Waals surface area contributed by atoms with Crippen LogP contribution in [-0.2, 0) is 18.7 Å². The third-order valence-corrected chi connectivity index (χ3v) is 4.63. The number of aromatic nitrogens is 3. The van der Waals surface area contributed by atoms with Crippen LogP contribution in [0.3, 0.4) is 0 Å². The van der Waals surface area contributed by atoms with Gasteiger partial charge in [-0.1, -0.05) is 35.9 Å². The highest BCUT2D eigenvalue weighted by Crippen LogP contribution is 2.28. The first kappa shape index (κ1) is 20.6. The third-order valence-electron chi connectivity index (χ3n) is 4.63. The average Bonchev–Trinajstić information content (AvgIpc) is 3.16. The molecule has 3 rings (SSSR count). The van der Waals surface area contributed by atoms with Crippen LogP contribution in [0.15, 0.2) is 55.1 Å². The zero-order chi connectivity index (χ0) is 20.9. The molecule has 3 aromatic rings. The van der Waals surface area contributed by atoms with Gasteiger partial charge in [0.1, 0.15) is 29.9 Å². The molecule has 0 aliphatic rings. The normalized spacial score (nSPS) is 13.2. The van der Waals surface area contributed by atoms with Crippen molar-refractivity contribution < 1.29 is 13.9 Å². The Kier molecular flexibility index (Phi) is 6.32. The molecule has 1 unspecified atom stereocenters.